The van der Waals surface area contributed by atoms with Crippen LogP contribution in [-0.4, -0.2) is 27.6 Å². The highest BCUT2D eigenvalue weighted by Crippen LogP contribution is 2.32. The Morgan fingerprint density at radius 3 is 2.55 bits per heavy atom. The van der Waals surface area contributed by atoms with Crippen LogP contribution >= 0.6 is 0 Å². The van der Waals surface area contributed by atoms with E-state index in [0.29, 0.717) is 5.69 Å². The van der Waals surface area contributed by atoms with Gasteiger partial charge in [-0.25, -0.2) is 4.68 Å². The topological polar surface area (TPSA) is 84.3 Å². The Kier molecular flexibility index (Phi) is 4.95. The summed E-state index contributed by atoms with van der Waals surface area (Å²) < 4.78 is 1.01. The van der Waals surface area contributed by atoms with Gasteiger partial charge in [-0.15, -0.1) is 0 Å². The van der Waals surface area contributed by atoms with Gasteiger partial charge in [-0.3, -0.25) is 14.4 Å². The zero-order chi connectivity index (χ0) is 20.4. The fraction of sp³-hybridized carbons (Fsp3) is 0.182. The van der Waals surface area contributed by atoms with E-state index in [1.165, 1.54) is 12.1 Å². The molecule has 7 heteroatoms. The Bertz CT molecular complexity index is 1120. The lowest BCUT2D eigenvalue weighted by Gasteiger charge is -2.22. The smallest absolute Gasteiger partial charge is 0.278 e. The number of anilines is 2. The van der Waals surface area contributed by atoms with Gasteiger partial charge in [0.05, 0.1) is 0 Å². The lowest BCUT2D eigenvalue weighted by Crippen LogP contribution is -2.38. The first-order valence-electron chi connectivity index (χ1n) is 9.37. The molecule has 0 saturated heterocycles. The first-order chi connectivity index (χ1) is 14.0. The lowest BCUT2D eigenvalue weighted by atomic mass is 10.1. The molecular weight excluding hydrogens is 368 g/mol. The van der Waals surface area contributed by atoms with Gasteiger partial charge < -0.3 is 10.2 Å². The summed E-state index contributed by atoms with van der Waals surface area (Å²) in [7, 11) is 0. The van der Waals surface area contributed by atoms with E-state index in [2.05, 4.69) is 10.4 Å². The highest BCUT2D eigenvalue weighted by molar-refractivity contribution is 6.06. The number of carbonyl (C=O) groups is 2. The predicted molar refractivity (Wildman–Crippen MR) is 110 cm³/mol. The Labute approximate surface area is 167 Å². The quantitative estimate of drug-likeness (QED) is 0.744. The molecule has 0 radical (unpaired) electrons. The molecule has 7 nitrogen and oxygen atoms in total. The fourth-order valence-corrected chi connectivity index (χ4v) is 3.53. The maximum atomic E-state index is 13.1. The Hall–Kier alpha value is -3.74. The number of aromatic nitrogens is 2. The Morgan fingerprint density at radius 1 is 1.03 bits per heavy atom. The summed E-state index contributed by atoms with van der Waals surface area (Å²) in [6, 6.07) is 19.3. The highest BCUT2D eigenvalue weighted by Gasteiger charge is 2.32. The molecule has 2 amide bonds. The summed E-state index contributed by atoms with van der Waals surface area (Å²) >= 11 is 0. The molecule has 0 spiro atoms. The normalized spacial score (nSPS) is 15.1. The summed E-state index contributed by atoms with van der Waals surface area (Å²) in [6.45, 7) is 1.70. The average molecular weight is 388 g/mol. The molecular formula is C22H20N4O3. The van der Waals surface area contributed by atoms with Crippen molar-refractivity contribution in [3.05, 3.63) is 88.3 Å². The number of nitrogens with zero attached hydrogens (tertiary/aromatic N) is 3. The van der Waals surface area contributed by atoms with Crippen molar-refractivity contribution in [2.75, 3.05) is 10.2 Å². The third-order valence-corrected chi connectivity index (χ3v) is 4.86. The third-order valence-electron chi connectivity index (χ3n) is 4.86. The standard InChI is InChI=1S/C22H20N4O3/c1-15-13-16-7-5-6-10-19(16)26(15)22(29)18-11-12-21(28)25(24-18)14-20(27)23-17-8-3-2-4-9-17/h2-12,15H,13-14H2,1H3,(H,23,27)/t15-/m1/s1. The second kappa shape index (κ2) is 7.71. The molecule has 2 heterocycles. The zero-order valence-electron chi connectivity index (χ0n) is 15.9. The third kappa shape index (κ3) is 3.80. The molecule has 4 rings (SSSR count). The van der Waals surface area contributed by atoms with Crippen molar-refractivity contribution in [1.29, 1.82) is 0 Å². The van der Waals surface area contributed by atoms with Crippen LogP contribution < -0.4 is 15.8 Å². The molecule has 2 aromatic carbocycles. The number of rotatable bonds is 4. The first-order valence-corrected chi connectivity index (χ1v) is 9.37. The Balaban J connectivity index is 1.56. The van der Waals surface area contributed by atoms with Crippen molar-refractivity contribution in [2.24, 2.45) is 0 Å². The minimum Gasteiger partial charge on any atom is -0.324 e. The van der Waals surface area contributed by atoms with Crippen molar-refractivity contribution < 1.29 is 9.59 Å². The van der Waals surface area contributed by atoms with Gasteiger partial charge in [0.1, 0.15) is 12.2 Å². The van der Waals surface area contributed by atoms with Gasteiger partial charge in [0.25, 0.3) is 11.5 Å². The Morgan fingerprint density at radius 2 is 1.76 bits per heavy atom. The number of hydrogen-bond acceptors (Lipinski definition) is 4. The lowest BCUT2D eigenvalue weighted by molar-refractivity contribution is -0.117. The largest absolute Gasteiger partial charge is 0.324 e. The summed E-state index contributed by atoms with van der Waals surface area (Å²) in [4.78, 5) is 39.2. The first kappa shape index (κ1) is 18.6. The van der Waals surface area contributed by atoms with Gasteiger partial charge in [0.2, 0.25) is 5.91 Å². The summed E-state index contributed by atoms with van der Waals surface area (Å²) in [5.74, 6) is -0.685. The maximum absolute atomic E-state index is 13.1. The van der Waals surface area contributed by atoms with Crippen LogP contribution in [0.2, 0.25) is 0 Å². The molecule has 0 unspecified atom stereocenters. The van der Waals surface area contributed by atoms with Gasteiger partial charge in [-0.2, -0.15) is 5.10 Å². The van der Waals surface area contributed by atoms with Gasteiger partial charge in [0.15, 0.2) is 0 Å². The molecule has 146 valence electrons. The molecule has 0 bridgehead atoms. The number of fused-ring (bicyclic) bond motifs is 1. The van der Waals surface area contributed by atoms with E-state index in [-0.39, 0.29) is 24.2 Å². The van der Waals surface area contributed by atoms with Crippen LogP contribution in [0.15, 0.2) is 71.5 Å². The molecule has 1 N–H and O–H groups in total. The van der Waals surface area contributed by atoms with Crippen LogP contribution in [0.1, 0.15) is 23.0 Å². The van der Waals surface area contributed by atoms with E-state index < -0.39 is 11.5 Å². The molecule has 29 heavy (non-hydrogen) atoms. The minimum absolute atomic E-state index is 0.0107. The second-order valence-electron chi connectivity index (χ2n) is 6.99. The van der Waals surface area contributed by atoms with Gasteiger partial charge >= 0.3 is 0 Å². The fourth-order valence-electron chi connectivity index (χ4n) is 3.53. The maximum Gasteiger partial charge on any atom is 0.278 e. The number of para-hydroxylation sites is 2. The van der Waals surface area contributed by atoms with Crippen LogP contribution in [0.4, 0.5) is 11.4 Å². The molecule has 0 aliphatic carbocycles. The number of amides is 2. The molecule has 0 fully saturated rings. The minimum atomic E-state index is -0.445. The van der Waals surface area contributed by atoms with Crippen LogP contribution in [0.3, 0.4) is 0 Å². The van der Waals surface area contributed by atoms with Gasteiger partial charge in [0, 0.05) is 23.5 Å². The van der Waals surface area contributed by atoms with Gasteiger partial charge in [-0.1, -0.05) is 36.4 Å². The van der Waals surface area contributed by atoms with Gasteiger partial charge in [-0.05, 0) is 43.2 Å². The molecule has 0 saturated carbocycles. The predicted octanol–water partition coefficient (Wildman–Crippen LogP) is 2.47. The average Bonchev–Trinajstić information content (AvgIpc) is 3.05. The van der Waals surface area contributed by atoms with Crippen molar-refractivity contribution in [3.63, 3.8) is 0 Å². The van der Waals surface area contributed by atoms with Crippen LogP contribution in [0.5, 0.6) is 0 Å². The highest BCUT2D eigenvalue weighted by atomic mass is 16.2. The van der Waals surface area contributed by atoms with E-state index in [1.54, 1.807) is 29.2 Å². The van der Waals surface area contributed by atoms with Crippen molar-refractivity contribution in [2.45, 2.75) is 25.9 Å². The van der Waals surface area contributed by atoms with E-state index in [1.807, 2.05) is 37.3 Å². The van der Waals surface area contributed by atoms with Crippen LogP contribution in [0.25, 0.3) is 0 Å². The molecule has 3 aromatic rings. The van der Waals surface area contributed by atoms with E-state index in [4.69, 9.17) is 0 Å². The van der Waals surface area contributed by atoms with Crippen molar-refractivity contribution in [1.82, 2.24) is 9.78 Å². The van der Waals surface area contributed by atoms with Crippen molar-refractivity contribution >= 4 is 23.2 Å². The summed E-state index contributed by atoms with van der Waals surface area (Å²) in [5, 5.41) is 6.87. The number of benzene rings is 2. The summed E-state index contributed by atoms with van der Waals surface area (Å²) in [6.07, 6.45) is 0.765. The van der Waals surface area contributed by atoms with E-state index in [0.717, 1.165) is 22.4 Å². The number of nitrogens with one attached hydrogen (secondary N) is 1. The summed E-state index contributed by atoms with van der Waals surface area (Å²) in [5.41, 5.74) is 2.26. The van der Waals surface area contributed by atoms with Crippen LogP contribution in [0, 0.1) is 0 Å². The number of carbonyl (C=O) groups excluding carboxylic acids is 2. The monoisotopic (exact) mass is 388 g/mol. The molecule has 1 atom stereocenters. The number of hydrogen-bond donors (Lipinski definition) is 1. The molecule has 1 aliphatic heterocycles. The SMILES string of the molecule is C[C@@H]1Cc2ccccc2N1C(=O)c1ccc(=O)n(CC(=O)Nc2ccccc2)n1. The second-order valence-corrected chi connectivity index (χ2v) is 6.99. The van der Waals surface area contributed by atoms with E-state index in [9.17, 15) is 14.4 Å². The molecule has 1 aliphatic rings. The molecule has 1 aromatic heterocycles. The van der Waals surface area contributed by atoms with E-state index >= 15 is 0 Å². The van der Waals surface area contributed by atoms with Crippen molar-refractivity contribution in [3.8, 4) is 0 Å². The van der Waals surface area contributed by atoms with Crippen LogP contribution in [-0.2, 0) is 17.8 Å². The zero-order valence-corrected chi connectivity index (χ0v) is 15.9.